The van der Waals surface area contributed by atoms with E-state index in [9.17, 15) is 9.90 Å². The summed E-state index contributed by atoms with van der Waals surface area (Å²) >= 11 is 6.28. The van der Waals surface area contributed by atoms with Crippen molar-refractivity contribution in [1.29, 1.82) is 0 Å². The largest absolute Gasteiger partial charge is 0.445 e. The molecule has 2 aromatic carbocycles. The van der Waals surface area contributed by atoms with E-state index in [4.69, 9.17) is 16.3 Å². The third-order valence-corrected chi connectivity index (χ3v) is 4.39. The molecule has 5 heteroatoms. The van der Waals surface area contributed by atoms with Gasteiger partial charge < -0.3 is 14.7 Å². The first-order valence-corrected chi connectivity index (χ1v) is 8.76. The molecule has 0 aliphatic rings. The van der Waals surface area contributed by atoms with Crippen LogP contribution in [-0.4, -0.2) is 28.7 Å². The number of carbonyl (C=O) groups excluding carboxylic acids is 1. The normalized spacial score (nSPS) is 13.1. The number of halogens is 1. The van der Waals surface area contributed by atoms with Crippen LogP contribution in [0.2, 0.25) is 5.02 Å². The first-order chi connectivity index (χ1) is 12.0. The van der Waals surface area contributed by atoms with Crippen LogP contribution in [0.1, 0.15) is 37.4 Å². The van der Waals surface area contributed by atoms with E-state index in [1.165, 1.54) is 0 Å². The van der Waals surface area contributed by atoms with Gasteiger partial charge in [-0.25, -0.2) is 4.79 Å². The van der Waals surface area contributed by atoms with Crippen molar-refractivity contribution in [3.05, 3.63) is 70.7 Å². The highest BCUT2D eigenvalue weighted by Crippen LogP contribution is 2.28. The number of aliphatic hydroxyl groups excluding tert-OH is 1. The lowest BCUT2D eigenvalue weighted by molar-refractivity contribution is 0.0747. The van der Waals surface area contributed by atoms with Gasteiger partial charge in [0.05, 0.1) is 12.1 Å². The molecule has 2 unspecified atom stereocenters. The lowest BCUT2D eigenvalue weighted by atomic mass is 10.1. The highest BCUT2D eigenvalue weighted by molar-refractivity contribution is 6.31. The predicted octanol–water partition coefficient (Wildman–Crippen LogP) is 4.81. The number of rotatable bonds is 7. The standard InChI is InChI=1S/C20H24ClNO3/c1-15(23)12-13-22(16(2)18-10-6-7-11-19(18)21)20(24)25-14-17-8-4-3-5-9-17/h3-11,15-16,23H,12-14H2,1-2H3. The number of ether oxygens (including phenoxy) is 1. The van der Waals surface area contributed by atoms with Gasteiger partial charge in [-0.05, 0) is 37.5 Å². The molecule has 0 spiro atoms. The van der Waals surface area contributed by atoms with Crippen LogP contribution in [0.25, 0.3) is 0 Å². The maximum absolute atomic E-state index is 12.6. The van der Waals surface area contributed by atoms with Crippen LogP contribution in [0, 0.1) is 0 Å². The molecule has 2 rings (SSSR count). The summed E-state index contributed by atoms with van der Waals surface area (Å²) in [5.74, 6) is 0. The Morgan fingerprint density at radius 2 is 1.76 bits per heavy atom. The Morgan fingerprint density at radius 1 is 1.12 bits per heavy atom. The molecule has 0 aromatic heterocycles. The van der Waals surface area contributed by atoms with Gasteiger partial charge in [0.15, 0.2) is 0 Å². The van der Waals surface area contributed by atoms with Crippen LogP contribution in [-0.2, 0) is 11.3 Å². The van der Waals surface area contributed by atoms with Crippen molar-refractivity contribution >= 4 is 17.7 Å². The maximum Gasteiger partial charge on any atom is 0.410 e. The minimum absolute atomic E-state index is 0.208. The van der Waals surface area contributed by atoms with Crippen LogP contribution in [0.3, 0.4) is 0 Å². The van der Waals surface area contributed by atoms with Gasteiger partial charge in [0.1, 0.15) is 6.61 Å². The number of hydrogen-bond acceptors (Lipinski definition) is 3. The number of aliphatic hydroxyl groups is 1. The highest BCUT2D eigenvalue weighted by Gasteiger charge is 2.24. The minimum Gasteiger partial charge on any atom is -0.445 e. The minimum atomic E-state index is -0.497. The van der Waals surface area contributed by atoms with Gasteiger partial charge in [-0.15, -0.1) is 0 Å². The van der Waals surface area contributed by atoms with Crippen LogP contribution >= 0.6 is 11.6 Å². The Kier molecular flexibility index (Phi) is 7.29. The van der Waals surface area contributed by atoms with E-state index in [0.717, 1.165) is 11.1 Å². The molecule has 0 saturated carbocycles. The summed E-state index contributed by atoms with van der Waals surface area (Å²) in [5.41, 5.74) is 1.78. The van der Waals surface area contributed by atoms with E-state index < -0.39 is 12.2 Å². The summed E-state index contributed by atoms with van der Waals surface area (Å²) in [7, 11) is 0. The van der Waals surface area contributed by atoms with E-state index >= 15 is 0 Å². The van der Waals surface area contributed by atoms with Gasteiger partial charge in [0.2, 0.25) is 0 Å². The monoisotopic (exact) mass is 361 g/mol. The fourth-order valence-electron chi connectivity index (χ4n) is 2.55. The second-order valence-corrected chi connectivity index (χ2v) is 6.48. The molecule has 1 N–H and O–H groups in total. The van der Waals surface area contributed by atoms with Gasteiger partial charge in [-0.2, -0.15) is 0 Å². The van der Waals surface area contributed by atoms with Crippen molar-refractivity contribution in [2.75, 3.05) is 6.54 Å². The first kappa shape index (κ1) is 19.3. The zero-order valence-corrected chi connectivity index (χ0v) is 15.3. The second kappa shape index (κ2) is 9.44. The molecular weight excluding hydrogens is 338 g/mol. The zero-order chi connectivity index (χ0) is 18.2. The molecule has 0 bridgehead atoms. The summed E-state index contributed by atoms with van der Waals surface area (Å²) in [6.45, 7) is 4.21. The molecule has 0 heterocycles. The molecule has 0 radical (unpaired) electrons. The third-order valence-electron chi connectivity index (χ3n) is 4.05. The lowest BCUT2D eigenvalue weighted by Crippen LogP contribution is -2.36. The van der Waals surface area contributed by atoms with Gasteiger partial charge in [0.25, 0.3) is 0 Å². The van der Waals surface area contributed by atoms with Gasteiger partial charge in [-0.1, -0.05) is 60.1 Å². The fourth-order valence-corrected chi connectivity index (χ4v) is 2.85. The van der Waals surface area contributed by atoms with Gasteiger partial charge >= 0.3 is 6.09 Å². The van der Waals surface area contributed by atoms with E-state index in [0.29, 0.717) is 18.0 Å². The van der Waals surface area contributed by atoms with Crippen LogP contribution in [0.5, 0.6) is 0 Å². The SMILES string of the molecule is CC(O)CCN(C(=O)OCc1ccccc1)C(C)c1ccccc1Cl. The molecule has 1 amide bonds. The molecule has 4 nitrogen and oxygen atoms in total. The fraction of sp³-hybridized carbons (Fsp3) is 0.350. The summed E-state index contributed by atoms with van der Waals surface area (Å²) in [6, 6.07) is 16.7. The topological polar surface area (TPSA) is 49.8 Å². The quantitative estimate of drug-likeness (QED) is 0.769. The van der Waals surface area contributed by atoms with Crippen molar-refractivity contribution in [2.45, 2.75) is 39.0 Å². The molecule has 134 valence electrons. The molecule has 2 atom stereocenters. The first-order valence-electron chi connectivity index (χ1n) is 8.39. The summed E-state index contributed by atoms with van der Waals surface area (Å²) < 4.78 is 5.47. The Balaban J connectivity index is 2.11. The van der Waals surface area contributed by atoms with Crippen LogP contribution in [0.4, 0.5) is 4.79 Å². The number of nitrogens with zero attached hydrogens (tertiary/aromatic N) is 1. The van der Waals surface area contributed by atoms with E-state index in [1.807, 2.05) is 55.5 Å². The number of hydrogen-bond donors (Lipinski definition) is 1. The summed E-state index contributed by atoms with van der Waals surface area (Å²) in [4.78, 5) is 14.2. The van der Waals surface area contributed by atoms with Crippen molar-refractivity contribution in [2.24, 2.45) is 0 Å². The average Bonchev–Trinajstić information content (AvgIpc) is 2.61. The Bertz CT molecular complexity index is 676. The van der Waals surface area contributed by atoms with Crippen molar-refractivity contribution in [3.63, 3.8) is 0 Å². The molecule has 25 heavy (non-hydrogen) atoms. The molecule has 0 fully saturated rings. The second-order valence-electron chi connectivity index (χ2n) is 6.07. The van der Waals surface area contributed by atoms with E-state index in [1.54, 1.807) is 17.9 Å². The van der Waals surface area contributed by atoms with Crippen molar-refractivity contribution in [3.8, 4) is 0 Å². The van der Waals surface area contributed by atoms with Crippen molar-refractivity contribution < 1.29 is 14.6 Å². The maximum atomic E-state index is 12.6. The summed E-state index contributed by atoms with van der Waals surface area (Å²) in [6.07, 6.45) is -0.449. The Morgan fingerprint density at radius 3 is 2.40 bits per heavy atom. The average molecular weight is 362 g/mol. The predicted molar refractivity (Wildman–Crippen MR) is 99.5 cm³/mol. The molecule has 2 aromatic rings. The third kappa shape index (κ3) is 5.76. The summed E-state index contributed by atoms with van der Waals surface area (Å²) in [5, 5.41) is 10.2. The Labute approximate surface area is 154 Å². The van der Waals surface area contributed by atoms with Gasteiger partial charge in [-0.3, -0.25) is 0 Å². The number of amides is 1. The number of benzene rings is 2. The smallest absolute Gasteiger partial charge is 0.410 e. The van der Waals surface area contributed by atoms with Gasteiger partial charge in [0, 0.05) is 11.6 Å². The molecule has 0 aliphatic carbocycles. The highest BCUT2D eigenvalue weighted by atomic mass is 35.5. The molecule has 0 saturated heterocycles. The number of carbonyl (C=O) groups is 1. The molecule has 0 aliphatic heterocycles. The Hall–Kier alpha value is -2.04. The van der Waals surface area contributed by atoms with Crippen molar-refractivity contribution in [1.82, 2.24) is 4.90 Å². The zero-order valence-electron chi connectivity index (χ0n) is 14.6. The van der Waals surface area contributed by atoms with Crippen LogP contribution < -0.4 is 0 Å². The van der Waals surface area contributed by atoms with Crippen LogP contribution in [0.15, 0.2) is 54.6 Å². The van der Waals surface area contributed by atoms with E-state index in [-0.39, 0.29) is 12.6 Å². The molecular formula is C20H24ClNO3. The van der Waals surface area contributed by atoms with E-state index in [2.05, 4.69) is 0 Å². The lowest BCUT2D eigenvalue weighted by Gasteiger charge is -2.30.